The largest absolute Gasteiger partial charge is 0.496 e. The number of ether oxygens (including phenoxy) is 2. The van der Waals surface area contributed by atoms with Crippen LogP contribution < -0.4 is 4.74 Å². The van der Waals surface area contributed by atoms with Crippen molar-refractivity contribution in [2.45, 2.75) is 12.2 Å². The van der Waals surface area contributed by atoms with E-state index in [0.29, 0.717) is 22.3 Å². The summed E-state index contributed by atoms with van der Waals surface area (Å²) in [6, 6.07) is 5.67. The molecule has 1 heterocycles. The van der Waals surface area contributed by atoms with E-state index in [1.54, 1.807) is 18.9 Å². The summed E-state index contributed by atoms with van der Waals surface area (Å²) >= 11 is 1.66. The first-order valence-electron chi connectivity index (χ1n) is 5.58. The Hall–Kier alpha value is -1.00. The van der Waals surface area contributed by atoms with Crippen molar-refractivity contribution in [3.8, 4) is 5.75 Å². The number of benzene rings is 1. The lowest BCUT2D eigenvalue weighted by molar-refractivity contribution is 0.0455. The third-order valence-corrected chi connectivity index (χ3v) is 3.89. The first-order valence-corrected chi connectivity index (χ1v) is 6.63. The van der Waals surface area contributed by atoms with E-state index in [1.807, 2.05) is 25.1 Å². The summed E-state index contributed by atoms with van der Waals surface area (Å²) in [5.41, 5.74) is 1.77. The molecular weight excluding hydrogens is 236 g/mol. The molecule has 1 aliphatic rings. The fourth-order valence-corrected chi connectivity index (χ4v) is 2.54. The molecule has 0 aromatic heterocycles. The standard InChI is InChI=1S/C13H16O3S/c1-9-3-4-11(13(5-9)15-2)12(14)8-17-10-6-16-7-10/h3-5,10H,6-8H2,1-2H3. The summed E-state index contributed by atoms with van der Waals surface area (Å²) in [6.45, 7) is 3.52. The van der Waals surface area contributed by atoms with Crippen molar-refractivity contribution in [1.29, 1.82) is 0 Å². The zero-order valence-electron chi connectivity index (χ0n) is 10.1. The molecule has 17 heavy (non-hydrogen) atoms. The van der Waals surface area contributed by atoms with E-state index < -0.39 is 0 Å². The molecule has 1 aromatic rings. The van der Waals surface area contributed by atoms with Gasteiger partial charge < -0.3 is 9.47 Å². The molecule has 1 fully saturated rings. The van der Waals surface area contributed by atoms with Gasteiger partial charge in [0.1, 0.15) is 5.75 Å². The second-order valence-electron chi connectivity index (χ2n) is 4.10. The van der Waals surface area contributed by atoms with Crippen molar-refractivity contribution in [2.24, 2.45) is 0 Å². The number of thioether (sulfide) groups is 1. The molecule has 2 rings (SSSR count). The molecular formula is C13H16O3S. The third kappa shape index (κ3) is 3.01. The Morgan fingerprint density at radius 1 is 1.53 bits per heavy atom. The first-order chi connectivity index (χ1) is 8.20. The third-order valence-electron chi connectivity index (χ3n) is 2.72. The minimum Gasteiger partial charge on any atom is -0.496 e. The van der Waals surface area contributed by atoms with Crippen LogP contribution in [0.5, 0.6) is 5.75 Å². The molecule has 0 saturated carbocycles. The van der Waals surface area contributed by atoms with Gasteiger partial charge in [-0.05, 0) is 24.6 Å². The topological polar surface area (TPSA) is 35.5 Å². The van der Waals surface area contributed by atoms with Crippen molar-refractivity contribution >= 4 is 17.5 Å². The Morgan fingerprint density at radius 2 is 2.29 bits per heavy atom. The predicted octanol–water partition coefficient (Wildman–Crippen LogP) is 2.32. The van der Waals surface area contributed by atoms with Crippen LogP contribution in [0, 0.1) is 6.92 Å². The fourth-order valence-electron chi connectivity index (χ4n) is 1.61. The molecule has 0 atom stereocenters. The van der Waals surface area contributed by atoms with Gasteiger partial charge in [-0.1, -0.05) is 6.07 Å². The first kappa shape index (κ1) is 12.5. The van der Waals surface area contributed by atoms with Gasteiger partial charge in [0.2, 0.25) is 0 Å². The van der Waals surface area contributed by atoms with E-state index >= 15 is 0 Å². The van der Waals surface area contributed by atoms with E-state index in [0.717, 1.165) is 18.8 Å². The number of ketones is 1. The van der Waals surface area contributed by atoms with Gasteiger partial charge in [0.05, 0.1) is 36.9 Å². The molecule has 92 valence electrons. The Labute approximate surface area is 105 Å². The minimum absolute atomic E-state index is 0.124. The van der Waals surface area contributed by atoms with Gasteiger partial charge in [0, 0.05) is 0 Å². The van der Waals surface area contributed by atoms with Crippen LogP contribution in [0.4, 0.5) is 0 Å². The highest BCUT2D eigenvalue weighted by atomic mass is 32.2. The molecule has 0 spiro atoms. The van der Waals surface area contributed by atoms with Crippen molar-refractivity contribution < 1.29 is 14.3 Å². The van der Waals surface area contributed by atoms with E-state index in [-0.39, 0.29) is 5.78 Å². The Kier molecular flexibility index (Phi) is 4.07. The van der Waals surface area contributed by atoms with Gasteiger partial charge in [-0.3, -0.25) is 4.79 Å². The van der Waals surface area contributed by atoms with Crippen LogP contribution in [-0.4, -0.2) is 37.1 Å². The van der Waals surface area contributed by atoms with Crippen LogP contribution >= 0.6 is 11.8 Å². The maximum Gasteiger partial charge on any atom is 0.176 e. The normalized spacial score (nSPS) is 15.4. The van der Waals surface area contributed by atoms with Crippen LogP contribution in [-0.2, 0) is 4.74 Å². The van der Waals surface area contributed by atoms with E-state index in [2.05, 4.69) is 0 Å². The van der Waals surface area contributed by atoms with Gasteiger partial charge in [0.15, 0.2) is 5.78 Å². The number of methoxy groups -OCH3 is 1. The highest BCUT2D eigenvalue weighted by Gasteiger charge is 2.21. The lowest BCUT2D eigenvalue weighted by Crippen LogP contribution is -2.31. The number of hydrogen-bond donors (Lipinski definition) is 0. The van der Waals surface area contributed by atoms with Crippen molar-refractivity contribution in [3.63, 3.8) is 0 Å². The molecule has 1 saturated heterocycles. The number of rotatable bonds is 5. The molecule has 3 nitrogen and oxygen atoms in total. The number of Topliss-reactive ketones (excluding diaryl/α,β-unsaturated/α-hetero) is 1. The average Bonchev–Trinajstić information content (AvgIpc) is 2.26. The van der Waals surface area contributed by atoms with E-state index in [9.17, 15) is 4.79 Å². The monoisotopic (exact) mass is 252 g/mol. The molecule has 1 aliphatic heterocycles. The summed E-state index contributed by atoms with van der Waals surface area (Å²) in [5.74, 6) is 1.28. The van der Waals surface area contributed by atoms with Crippen molar-refractivity contribution in [1.82, 2.24) is 0 Å². The van der Waals surface area contributed by atoms with Crippen molar-refractivity contribution in [2.75, 3.05) is 26.1 Å². The van der Waals surface area contributed by atoms with Crippen LogP contribution in [0.1, 0.15) is 15.9 Å². The van der Waals surface area contributed by atoms with Gasteiger partial charge in [-0.2, -0.15) is 0 Å². The Morgan fingerprint density at radius 3 is 2.88 bits per heavy atom. The lowest BCUT2D eigenvalue weighted by Gasteiger charge is -2.24. The van der Waals surface area contributed by atoms with Gasteiger partial charge in [-0.25, -0.2) is 0 Å². The highest BCUT2D eigenvalue weighted by Crippen LogP contribution is 2.24. The molecule has 0 unspecified atom stereocenters. The van der Waals surface area contributed by atoms with Crippen LogP contribution in [0.15, 0.2) is 18.2 Å². The molecule has 0 N–H and O–H groups in total. The summed E-state index contributed by atoms with van der Waals surface area (Å²) < 4.78 is 10.3. The van der Waals surface area contributed by atoms with Gasteiger partial charge >= 0.3 is 0 Å². The fraction of sp³-hybridized carbons (Fsp3) is 0.462. The number of carbonyl (C=O) groups excluding carboxylic acids is 1. The molecule has 0 amide bonds. The summed E-state index contributed by atoms with van der Waals surface area (Å²) in [7, 11) is 1.60. The second-order valence-corrected chi connectivity index (χ2v) is 5.39. The number of aryl methyl sites for hydroxylation is 1. The number of carbonyl (C=O) groups is 1. The average molecular weight is 252 g/mol. The molecule has 1 aromatic carbocycles. The van der Waals surface area contributed by atoms with Crippen LogP contribution in [0.2, 0.25) is 0 Å². The minimum atomic E-state index is 0.124. The zero-order chi connectivity index (χ0) is 12.3. The smallest absolute Gasteiger partial charge is 0.176 e. The number of hydrogen-bond acceptors (Lipinski definition) is 4. The summed E-state index contributed by atoms with van der Waals surface area (Å²) in [6.07, 6.45) is 0. The Bertz CT molecular complexity index is 413. The van der Waals surface area contributed by atoms with Crippen molar-refractivity contribution in [3.05, 3.63) is 29.3 Å². The van der Waals surface area contributed by atoms with E-state index in [1.165, 1.54) is 0 Å². The molecule has 0 radical (unpaired) electrons. The summed E-state index contributed by atoms with van der Waals surface area (Å²) in [4.78, 5) is 12.0. The molecule has 0 aliphatic carbocycles. The zero-order valence-corrected chi connectivity index (χ0v) is 10.9. The lowest BCUT2D eigenvalue weighted by atomic mass is 10.1. The molecule has 4 heteroatoms. The molecule has 0 bridgehead atoms. The second kappa shape index (κ2) is 5.56. The van der Waals surface area contributed by atoms with Gasteiger partial charge in [0.25, 0.3) is 0 Å². The Balaban J connectivity index is 2.01. The maximum absolute atomic E-state index is 12.0. The SMILES string of the molecule is COc1cc(C)ccc1C(=O)CSC1COC1. The van der Waals surface area contributed by atoms with Crippen LogP contribution in [0.3, 0.4) is 0 Å². The van der Waals surface area contributed by atoms with Crippen LogP contribution in [0.25, 0.3) is 0 Å². The highest BCUT2D eigenvalue weighted by molar-refractivity contribution is 8.00. The maximum atomic E-state index is 12.0. The predicted molar refractivity (Wildman–Crippen MR) is 69.1 cm³/mol. The quantitative estimate of drug-likeness (QED) is 0.753. The summed E-state index contributed by atoms with van der Waals surface area (Å²) in [5, 5.41) is 0.482. The van der Waals surface area contributed by atoms with Gasteiger partial charge in [-0.15, -0.1) is 11.8 Å². The van der Waals surface area contributed by atoms with E-state index in [4.69, 9.17) is 9.47 Å².